The highest BCUT2D eigenvalue weighted by Gasteiger charge is 2.27. The molecule has 92 valence electrons. The number of carbonyl (C=O) groups is 1. The topological polar surface area (TPSA) is 50.4 Å². The second-order valence-corrected chi connectivity index (χ2v) is 4.53. The molecule has 1 saturated heterocycles. The second-order valence-electron chi connectivity index (χ2n) is 4.16. The molecule has 1 aromatic rings. The van der Waals surface area contributed by atoms with E-state index < -0.39 is 0 Å². The number of amides is 2. The van der Waals surface area contributed by atoms with Crippen molar-refractivity contribution in [1.29, 1.82) is 0 Å². The summed E-state index contributed by atoms with van der Waals surface area (Å²) in [5.74, 6) is 0.762. The van der Waals surface area contributed by atoms with Gasteiger partial charge in [0, 0.05) is 17.1 Å². The number of rotatable bonds is 2. The van der Waals surface area contributed by atoms with Gasteiger partial charge in [-0.25, -0.2) is 4.79 Å². The van der Waals surface area contributed by atoms with Gasteiger partial charge >= 0.3 is 6.03 Å². The van der Waals surface area contributed by atoms with Gasteiger partial charge in [-0.2, -0.15) is 0 Å². The van der Waals surface area contributed by atoms with Crippen LogP contribution < -0.4 is 15.4 Å². The first-order valence-corrected chi connectivity index (χ1v) is 5.80. The maximum absolute atomic E-state index is 11.2. The smallest absolute Gasteiger partial charge is 0.315 e. The summed E-state index contributed by atoms with van der Waals surface area (Å²) in [6.07, 6.45) is 0. The molecule has 0 radical (unpaired) electrons. The number of ether oxygens (including phenoxy) is 1. The predicted molar refractivity (Wildman–Crippen MR) is 66.8 cm³/mol. The van der Waals surface area contributed by atoms with Gasteiger partial charge in [0.25, 0.3) is 0 Å². The van der Waals surface area contributed by atoms with Crippen LogP contribution in [0.15, 0.2) is 6.07 Å². The Bertz CT molecular complexity index is 474. The first-order valence-electron chi connectivity index (χ1n) is 5.42. The monoisotopic (exact) mass is 254 g/mol. The maximum atomic E-state index is 11.2. The summed E-state index contributed by atoms with van der Waals surface area (Å²) in [5, 5.41) is 6.30. The number of hydrogen-bond acceptors (Lipinski definition) is 2. The van der Waals surface area contributed by atoms with Gasteiger partial charge < -0.3 is 15.4 Å². The molecular weight excluding hydrogens is 240 g/mol. The van der Waals surface area contributed by atoms with Crippen molar-refractivity contribution in [1.82, 2.24) is 10.6 Å². The number of methoxy groups -OCH3 is 1. The summed E-state index contributed by atoms with van der Waals surface area (Å²) >= 11 is 6.24. The number of halogens is 1. The van der Waals surface area contributed by atoms with Crippen LogP contribution in [0.3, 0.4) is 0 Å². The van der Waals surface area contributed by atoms with E-state index in [0.717, 1.165) is 27.5 Å². The minimum absolute atomic E-state index is 0.0875. The molecule has 0 aromatic heterocycles. The highest BCUT2D eigenvalue weighted by Crippen LogP contribution is 2.36. The Balaban J connectivity index is 2.51. The SMILES string of the molecule is COc1cc(C)c(Cl)c(C)c1C1CNC(=O)N1. The van der Waals surface area contributed by atoms with Crippen molar-refractivity contribution in [2.45, 2.75) is 19.9 Å². The number of benzene rings is 1. The van der Waals surface area contributed by atoms with Gasteiger partial charge in [-0.15, -0.1) is 0 Å². The van der Waals surface area contributed by atoms with Crippen molar-refractivity contribution in [2.75, 3.05) is 13.7 Å². The lowest BCUT2D eigenvalue weighted by molar-refractivity contribution is 0.247. The fourth-order valence-electron chi connectivity index (χ4n) is 2.17. The molecule has 5 heteroatoms. The van der Waals surface area contributed by atoms with Crippen molar-refractivity contribution in [2.24, 2.45) is 0 Å². The van der Waals surface area contributed by atoms with Gasteiger partial charge in [0.15, 0.2) is 0 Å². The average Bonchev–Trinajstić information content (AvgIpc) is 2.71. The van der Waals surface area contributed by atoms with Gasteiger partial charge in [-0.3, -0.25) is 0 Å². The summed E-state index contributed by atoms with van der Waals surface area (Å²) < 4.78 is 5.37. The molecule has 2 N–H and O–H groups in total. The van der Waals surface area contributed by atoms with E-state index in [2.05, 4.69) is 10.6 Å². The molecule has 0 aliphatic carbocycles. The first kappa shape index (κ1) is 12.0. The first-order chi connectivity index (χ1) is 8.04. The summed E-state index contributed by atoms with van der Waals surface area (Å²) in [6.45, 7) is 4.43. The number of urea groups is 1. The van der Waals surface area contributed by atoms with Crippen LogP contribution in [0.5, 0.6) is 5.75 Å². The third-order valence-corrected chi connectivity index (χ3v) is 3.61. The zero-order valence-corrected chi connectivity index (χ0v) is 10.8. The Labute approximate surface area is 105 Å². The summed E-state index contributed by atoms with van der Waals surface area (Å²) in [5.41, 5.74) is 2.88. The molecule has 0 bridgehead atoms. The van der Waals surface area contributed by atoms with Crippen LogP contribution >= 0.6 is 11.6 Å². The predicted octanol–water partition coefficient (Wildman–Crippen LogP) is 2.32. The van der Waals surface area contributed by atoms with Gasteiger partial charge in [-0.1, -0.05) is 11.6 Å². The molecule has 1 aliphatic heterocycles. The van der Waals surface area contributed by atoms with Crippen LogP contribution in [-0.2, 0) is 0 Å². The van der Waals surface area contributed by atoms with Crippen LogP contribution in [0.1, 0.15) is 22.7 Å². The van der Waals surface area contributed by atoms with Crippen LogP contribution in [0, 0.1) is 13.8 Å². The second kappa shape index (κ2) is 4.45. The lowest BCUT2D eigenvalue weighted by Crippen LogP contribution is -2.22. The van der Waals surface area contributed by atoms with Gasteiger partial charge in [0.1, 0.15) is 5.75 Å². The molecule has 1 fully saturated rings. The third kappa shape index (κ3) is 2.05. The maximum Gasteiger partial charge on any atom is 0.315 e. The molecular formula is C12H15ClN2O2. The highest BCUT2D eigenvalue weighted by molar-refractivity contribution is 6.32. The van der Waals surface area contributed by atoms with Crippen molar-refractivity contribution < 1.29 is 9.53 Å². The summed E-state index contributed by atoms with van der Waals surface area (Å²) in [6, 6.07) is 1.65. The Morgan fingerprint density at radius 3 is 2.71 bits per heavy atom. The largest absolute Gasteiger partial charge is 0.496 e. The Morgan fingerprint density at radius 1 is 1.47 bits per heavy atom. The van der Waals surface area contributed by atoms with E-state index in [-0.39, 0.29) is 12.1 Å². The molecule has 0 spiro atoms. The fourth-order valence-corrected chi connectivity index (χ4v) is 2.32. The van der Waals surface area contributed by atoms with Gasteiger partial charge in [0.2, 0.25) is 0 Å². The molecule has 1 aliphatic rings. The van der Waals surface area contributed by atoms with E-state index in [1.54, 1.807) is 7.11 Å². The van der Waals surface area contributed by atoms with Crippen LogP contribution in [0.4, 0.5) is 4.79 Å². The Hall–Kier alpha value is -1.42. The van der Waals surface area contributed by atoms with Crippen molar-refractivity contribution >= 4 is 17.6 Å². The van der Waals surface area contributed by atoms with Crippen LogP contribution in [-0.4, -0.2) is 19.7 Å². The molecule has 2 rings (SSSR count). The van der Waals surface area contributed by atoms with Crippen LogP contribution in [0.2, 0.25) is 5.02 Å². The Morgan fingerprint density at radius 2 is 2.18 bits per heavy atom. The molecule has 1 atom stereocenters. The molecule has 1 heterocycles. The lowest BCUT2D eigenvalue weighted by Gasteiger charge is -2.19. The summed E-state index contributed by atoms with van der Waals surface area (Å²) in [7, 11) is 1.62. The lowest BCUT2D eigenvalue weighted by atomic mass is 9.98. The molecule has 1 unspecified atom stereocenters. The zero-order chi connectivity index (χ0) is 12.6. The van der Waals surface area contributed by atoms with Crippen molar-refractivity contribution in [3.63, 3.8) is 0 Å². The average molecular weight is 255 g/mol. The number of hydrogen-bond donors (Lipinski definition) is 2. The normalized spacial score (nSPS) is 18.8. The van der Waals surface area contributed by atoms with Crippen molar-refractivity contribution in [3.8, 4) is 5.75 Å². The number of nitrogens with one attached hydrogen (secondary N) is 2. The quantitative estimate of drug-likeness (QED) is 0.851. The van der Waals surface area contributed by atoms with E-state index in [1.165, 1.54) is 0 Å². The highest BCUT2D eigenvalue weighted by atomic mass is 35.5. The molecule has 0 saturated carbocycles. The van der Waals surface area contributed by atoms with Crippen LogP contribution in [0.25, 0.3) is 0 Å². The third-order valence-electron chi connectivity index (χ3n) is 3.03. The van der Waals surface area contributed by atoms with E-state index in [1.807, 2.05) is 19.9 Å². The van der Waals surface area contributed by atoms with E-state index in [4.69, 9.17) is 16.3 Å². The number of carbonyl (C=O) groups excluding carboxylic acids is 1. The summed E-state index contributed by atoms with van der Waals surface area (Å²) in [4.78, 5) is 11.2. The van der Waals surface area contributed by atoms with E-state index in [9.17, 15) is 4.79 Å². The van der Waals surface area contributed by atoms with E-state index >= 15 is 0 Å². The fraction of sp³-hybridized carbons (Fsp3) is 0.417. The standard InChI is InChI=1S/C12H15ClN2O2/c1-6-4-9(17-3)10(7(2)11(6)13)8-5-14-12(16)15-8/h4,8H,5H2,1-3H3,(H2,14,15,16). The minimum Gasteiger partial charge on any atom is -0.496 e. The Kier molecular flexibility index (Phi) is 3.15. The zero-order valence-electron chi connectivity index (χ0n) is 10.1. The van der Waals surface area contributed by atoms with Gasteiger partial charge in [-0.05, 0) is 31.0 Å². The molecule has 1 aromatic carbocycles. The van der Waals surface area contributed by atoms with E-state index in [0.29, 0.717) is 6.54 Å². The van der Waals surface area contributed by atoms with Gasteiger partial charge in [0.05, 0.1) is 13.2 Å². The number of aryl methyl sites for hydroxylation is 1. The molecule has 17 heavy (non-hydrogen) atoms. The van der Waals surface area contributed by atoms with Crippen molar-refractivity contribution in [3.05, 3.63) is 27.8 Å². The minimum atomic E-state index is -0.159. The molecule has 2 amide bonds. The molecule has 4 nitrogen and oxygen atoms in total.